The molecule has 170 valence electrons. The van der Waals surface area contributed by atoms with Gasteiger partial charge in [-0.05, 0) is 61.2 Å². The maximum atomic E-state index is 13.9. The molecule has 2 unspecified atom stereocenters. The Morgan fingerprint density at radius 3 is 2.53 bits per heavy atom. The highest BCUT2D eigenvalue weighted by atomic mass is 35.5. The van der Waals surface area contributed by atoms with Gasteiger partial charge in [-0.1, -0.05) is 23.7 Å². The highest BCUT2D eigenvalue weighted by Gasteiger charge is 2.41. The van der Waals surface area contributed by atoms with E-state index in [-0.39, 0.29) is 10.8 Å². The summed E-state index contributed by atoms with van der Waals surface area (Å²) in [6.45, 7) is 5.29. The second-order valence-electron chi connectivity index (χ2n) is 7.68. The van der Waals surface area contributed by atoms with Crippen LogP contribution in [0, 0.1) is 0 Å². The van der Waals surface area contributed by atoms with Gasteiger partial charge in [-0.15, -0.1) is 6.58 Å². The predicted octanol–water partition coefficient (Wildman–Crippen LogP) is 3.70. The van der Waals surface area contributed by atoms with E-state index in [0.717, 1.165) is 12.8 Å². The van der Waals surface area contributed by atoms with Crippen LogP contribution in [-0.2, 0) is 14.8 Å². The molecule has 0 aromatic heterocycles. The molecule has 0 saturated carbocycles. The molecule has 1 N–H and O–H groups in total. The lowest BCUT2D eigenvalue weighted by Crippen LogP contribution is -2.49. The fraction of sp³-hybridized carbons (Fsp3) is 0.348. The van der Waals surface area contributed by atoms with Crippen LogP contribution in [0.1, 0.15) is 30.9 Å². The standard InChI is InChI=1S/C23H25ClN2O5S/c1-2-19(16-6-11-21-22(15-16)31-14-13-30-21)26(20-5-3-4-12-25-23(20)27)32(28,29)18-9-7-17(24)8-10-18/h2,6-11,15,19-20H,1,3-5,12-14H2,(H,25,27). The molecule has 2 atom stereocenters. The maximum absolute atomic E-state index is 13.9. The summed E-state index contributed by atoms with van der Waals surface area (Å²) in [5.41, 5.74) is 0.638. The van der Waals surface area contributed by atoms with E-state index in [1.807, 2.05) is 0 Å². The normalized spacial score (nSPS) is 19.7. The Balaban J connectivity index is 1.82. The first kappa shape index (κ1) is 22.6. The second kappa shape index (κ2) is 9.52. The number of ether oxygens (including phenoxy) is 2. The van der Waals surface area contributed by atoms with E-state index in [0.29, 0.717) is 48.3 Å². The van der Waals surface area contributed by atoms with Gasteiger partial charge < -0.3 is 14.8 Å². The summed E-state index contributed by atoms with van der Waals surface area (Å²) in [7, 11) is -4.08. The van der Waals surface area contributed by atoms with Gasteiger partial charge in [-0.2, -0.15) is 4.31 Å². The van der Waals surface area contributed by atoms with Crippen LogP contribution >= 0.6 is 11.6 Å². The lowest BCUT2D eigenvalue weighted by atomic mass is 10.0. The molecule has 0 radical (unpaired) electrons. The van der Waals surface area contributed by atoms with Gasteiger partial charge in [-0.25, -0.2) is 8.42 Å². The quantitative estimate of drug-likeness (QED) is 0.642. The Kier molecular flexibility index (Phi) is 6.74. The van der Waals surface area contributed by atoms with Crippen molar-refractivity contribution in [2.75, 3.05) is 19.8 Å². The zero-order valence-corrected chi connectivity index (χ0v) is 19.1. The average molecular weight is 477 g/mol. The van der Waals surface area contributed by atoms with E-state index in [1.54, 1.807) is 18.2 Å². The summed E-state index contributed by atoms with van der Waals surface area (Å²) >= 11 is 5.97. The molecule has 2 aliphatic rings. The number of amides is 1. The molecular formula is C23H25ClN2O5S. The first-order chi connectivity index (χ1) is 15.4. The molecular weight excluding hydrogens is 452 g/mol. The number of carbonyl (C=O) groups is 1. The Morgan fingerprint density at radius 1 is 1.09 bits per heavy atom. The van der Waals surface area contributed by atoms with Crippen molar-refractivity contribution in [3.8, 4) is 11.5 Å². The van der Waals surface area contributed by atoms with Crippen LogP contribution < -0.4 is 14.8 Å². The van der Waals surface area contributed by atoms with E-state index in [1.165, 1.54) is 34.6 Å². The van der Waals surface area contributed by atoms with Crippen LogP contribution in [0.3, 0.4) is 0 Å². The molecule has 2 aromatic rings. The van der Waals surface area contributed by atoms with E-state index in [9.17, 15) is 13.2 Å². The van der Waals surface area contributed by atoms with Crippen molar-refractivity contribution in [2.24, 2.45) is 0 Å². The third-order valence-electron chi connectivity index (χ3n) is 5.61. The number of hydrogen-bond acceptors (Lipinski definition) is 5. The molecule has 2 aliphatic heterocycles. The number of halogens is 1. The van der Waals surface area contributed by atoms with E-state index in [4.69, 9.17) is 21.1 Å². The summed E-state index contributed by atoms with van der Waals surface area (Å²) in [4.78, 5) is 13.0. The summed E-state index contributed by atoms with van der Waals surface area (Å²) < 4.78 is 40.3. The van der Waals surface area contributed by atoms with Gasteiger partial charge in [0.05, 0.1) is 10.9 Å². The number of benzene rings is 2. The van der Waals surface area contributed by atoms with Crippen LogP contribution in [0.2, 0.25) is 5.02 Å². The second-order valence-corrected chi connectivity index (χ2v) is 9.95. The number of rotatable bonds is 6. The van der Waals surface area contributed by atoms with Crippen molar-refractivity contribution in [2.45, 2.75) is 36.2 Å². The Morgan fingerprint density at radius 2 is 1.81 bits per heavy atom. The van der Waals surface area contributed by atoms with Crippen LogP contribution in [0.25, 0.3) is 0 Å². The molecule has 9 heteroatoms. The van der Waals surface area contributed by atoms with Crippen LogP contribution in [0.4, 0.5) is 0 Å². The average Bonchev–Trinajstić information content (AvgIpc) is 3.01. The minimum atomic E-state index is -4.08. The number of sulfonamides is 1. The lowest BCUT2D eigenvalue weighted by molar-refractivity contribution is -0.124. The zero-order chi connectivity index (χ0) is 22.7. The van der Waals surface area contributed by atoms with Crippen molar-refractivity contribution < 1.29 is 22.7 Å². The smallest absolute Gasteiger partial charge is 0.244 e. The minimum Gasteiger partial charge on any atom is -0.486 e. The first-order valence-electron chi connectivity index (χ1n) is 10.5. The number of carbonyl (C=O) groups excluding carboxylic acids is 1. The molecule has 1 fully saturated rings. The monoisotopic (exact) mass is 476 g/mol. The summed E-state index contributed by atoms with van der Waals surface area (Å²) in [6.07, 6.45) is 3.46. The minimum absolute atomic E-state index is 0.0586. The molecule has 0 spiro atoms. The topological polar surface area (TPSA) is 84.9 Å². The number of fused-ring (bicyclic) bond motifs is 1. The third-order valence-corrected chi connectivity index (χ3v) is 7.76. The summed E-state index contributed by atoms with van der Waals surface area (Å²) in [5.74, 6) is 0.821. The molecule has 0 aliphatic carbocycles. The Hall–Kier alpha value is -2.55. The zero-order valence-electron chi connectivity index (χ0n) is 17.5. The van der Waals surface area contributed by atoms with Crippen molar-refractivity contribution in [3.63, 3.8) is 0 Å². The fourth-order valence-electron chi connectivity index (χ4n) is 4.04. The fourth-order valence-corrected chi connectivity index (χ4v) is 5.93. The summed E-state index contributed by atoms with van der Waals surface area (Å²) in [6, 6.07) is 9.54. The van der Waals surface area contributed by atoms with Gasteiger partial charge in [0.2, 0.25) is 15.9 Å². The number of nitrogens with zero attached hydrogens (tertiary/aromatic N) is 1. The van der Waals surface area contributed by atoms with Crippen molar-refractivity contribution >= 4 is 27.5 Å². The van der Waals surface area contributed by atoms with Gasteiger partial charge in [0.15, 0.2) is 11.5 Å². The van der Waals surface area contributed by atoms with Gasteiger partial charge in [0.25, 0.3) is 0 Å². The third kappa shape index (κ3) is 4.48. The van der Waals surface area contributed by atoms with Gasteiger partial charge >= 0.3 is 0 Å². The highest BCUT2D eigenvalue weighted by Crippen LogP contribution is 2.38. The van der Waals surface area contributed by atoms with Crippen molar-refractivity contribution in [1.82, 2.24) is 9.62 Å². The Bertz CT molecular complexity index is 1100. The van der Waals surface area contributed by atoms with Gasteiger partial charge in [-0.3, -0.25) is 4.79 Å². The first-order valence-corrected chi connectivity index (χ1v) is 12.3. The molecule has 1 saturated heterocycles. The van der Waals surface area contributed by atoms with Crippen LogP contribution in [0.5, 0.6) is 11.5 Å². The molecule has 2 aromatic carbocycles. The van der Waals surface area contributed by atoms with Crippen LogP contribution in [0.15, 0.2) is 60.0 Å². The number of hydrogen-bond donors (Lipinski definition) is 1. The molecule has 32 heavy (non-hydrogen) atoms. The molecule has 4 rings (SSSR count). The maximum Gasteiger partial charge on any atom is 0.244 e. The van der Waals surface area contributed by atoms with Gasteiger partial charge in [0, 0.05) is 11.6 Å². The van der Waals surface area contributed by atoms with Crippen molar-refractivity contribution in [3.05, 3.63) is 65.7 Å². The van der Waals surface area contributed by atoms with E-state index < -0.39 is 22.1 Å². The molecule has 7 nitrogen and oxygen atoms in total. The van der Waals surface area contributed by atoms with E-state index in [2.05, 4.69) is 11.9 Å². The van der Waals surface area contributed by atoms with Gasteiger partial charge in [0.1, 0.15) is 19.3 Å². The van der Waals surface area contributed by atoms with E-state index >= 15 is 0 Å². The SMILES string of the molecule is C=CC(c1ccc2c(c1)OCCO2)N(C1CCCCNC1=O)S(=O)(=O)c1ccc(Cl)cc1. The predicted molar refractivity (Wildman–Crippen MR) is 121 cm³/mol. The summed E-state index contributed by atoms with van der Waals surface area (Å²) in [5, 5.41) is 3.27. The number of nitrogens with one attached hydrogen (secondary N) is 1. The molecule has 0 bridgehead atoms. The lowest BCUT2D eigenvalue weighted by Gasteiger charge is -2.35. The molecule has 1 amide bonds. The molecule has 2 heterocycles. The Labute approximate surface area is 193 Å². The highest BCUT2D eigenvalue weighted by molar-refractivity contribution is 7.89. The van der Waals surface area contributed by atoms with Crippen molar-refractivity contribution in [1.29, 1.82) is 0 Å². The van der Waals surface area contributed by atoms with Crippen LogP contribution in [-0.4, -0.2) is 44.4 Å². The largest absolute Gasteiger partial charge is 0.486 e.